The summed E-state index contributed by atoms with van der Waals surface area (Å²) >= 11 is 1.68. The summed E-state index contributed by atoms with van der Waals surface area (Å²) in [6.07, 6.45) is 4.41. The molecule has 1 aliphatic carbocycles. The van der Waals surface area contributed by atoms with Crippen molar-refractivity contribution in [2.45, 2.75) is 38.8 Å². The second-order valence-corrected chi connectivity index (χ2v) is 9.62. The third kappa shape index (κ3) is 4.62. The molecule has 0 spiro atoms. The van der Waals surface area contributed by atoms with Gasteiger partial charge in [-0.25, -0.2) is 4.98 Å². The van der Waals surface area contributed by atoms with Gasteiger partial charge in [0, 0.05) is 31.1 Å². The zero-order chi connectivity index (χ0) is 21.9. The topological polar surface area (TPSA) is 78.5 Å². The second-order valence-electron chi connectivity index (χ2n) is 8.54. The van der Waals surface area contributed by atoms with Crippen LogP contribution in [-0.2, 0) is 35.5 Å². The largest absolute Gasteiger partial charge is 0.367 e. The van der Waals surface area contributed by atoms with Crippen molar-refractivity contribution in [3.63, 3.8) is 0 Å². The van der Waals surface area contributed by atoms with Crippen molar-refractivity contribution in [2.75, 3.05) is 32.8 Å². The average molecular weight is 453 g/mol. The summed E-state index contributed by atoms with van der Waals surface area (Å²) < 4.78 is 5.59. The number of hydrogen-bond donors (Lipinski definition) is 1. The first-order valence-electron chi connectivity index (χ1n) is 11.3. The van der Waals surface area contributed by atoms with Crippen LogP contribution in [0.25, 0.3) is 10.2 Å². The van der Waals surface area contributed by atoms with Gasteiger partial charge >= 0.3 is 0 Å². The molecule has 8 heteroatoms. The molecular weight excluding hydrogens is 424 g/mol. The van der Waals surface area contributed by atoms with Gasteiger partial charge in [0.2, 0.25) is 5.91 Å². The van der Waals surface area contributed by atoms with Crippen molar-refractivity contribution in [2.24, 2.45) is 0 Å². The van der Waals surface area contributed by atoms with Crippen molar-refractivity contribution >= 4 is 27.5 Å². The lowest BCUT2D eigenvalue weighted by Crippen LogP contribution is -2.49. The van der Waals surface area contributed by atoms with E-state index in [0.717, 1.165) is 48.1 Å². The quantitative estimate of drug-likeness (QED) is 0.622. The predicted octanol–water partition coefficient (Wildman–Crippen LogP) is 2.72. The van der Waals surface area contributed by atoms with Gasteiger partial charge in [0.15, 0.2) is 0 Å². The van der Waals surface area contributed by atoms with Gasteiger partial charge in [-0.2, -0.15) is 0 Å². The van der Waals surface area contributed by atoms with Gasteiger partial charge in [0.05, 0.1) is 18.5 Å². The van der Waals surface area contributed by atoms with Crippen LogP contribution in [0, 0.1) is 0 Å². The maximum absolute atomic E-state index is 12.7. The van der Waals surface area contributed by atoms with E-state index in [1.54, 1.807) is 11.3 Å². The predicted molar refractivity (Wildman–Crippen MR) is 125 cm³/mol. The first-order chi connectivity index (χ1) is 15.7. The lowest BCUT2D eigenvalue weighted by molar-refractivity contribution is -0.138. The highest BCUT2D eigenvalue weighted by molar-refractivity contribution is 7.18. The van der Waals surface area contributed by atoms with E-state index >= 15 is 0 Å². The molecule has 1 aromatic carbocycles. The molecule has 5 rings (SSSR count). The molecule has 7 nitrogen and oxygen atoms in total. The summed E-state index contributed by atoms with van der Waals surface area (Å²) in [5.74, 6) is 0.741. The molecule has 0 atom stereocenters. The maximum atomic E-state index is 12.7. The Morgan fingerprint density at radius 3 is 2.69 bits per heavy atom. The number of hydrogen-bond acceptors (Lipinski definition) is 6. The first-order valence-corrected chi connectivity index (χ1v) is 12.1. The van der Waals surface area contributed by atoms with E-state index in [4.69, 9.17) is 9.72 Å². The number of piperazine rings is 1. The van der Waals surface area contributed by atoms with Gasteiger partial charge < -0.3 is 14.6 Å². The lowest BCUT2D eigenvalue weighted by Gasteiger charge is -2.34. The monoisotopic (exact) mass is 452 g/mol. The van der Waals surface area contributed by atoms with Gasteiger partial charge in [0.1, 0.15) is 17.3 Å². The number of carbonyl (C=O) groups excluding carboxylic acids is 1. The number of nitrogens with zero attached hydrogens (tertiary/aromatic N) is 3. The number of amides is 1. The molecule has 1 saturated heterocycles. The normalized spacial score (nSPS) is 16.9. The maximum Gasteiger partial charge on any atom is 0.259 e. The molecule has 168 valence electrons. The van der Waals surface area contributed by atoms with Crippen LogP contribution >= 0.6 is 11.3 Å². The SMILES string of the molecule is O=C(COCc1ccccc1)N1CCN(Cc2nc3sc4c(c3c(=O)[nH]2)CCCC4)CC1. The number of nitrogens with one attached hydrogen (secondary N) is 1. The molecule has 0 saturated carbocycles. The molecule has 1 fully saturated rings. The van der Waals surface area contributed by atoms with Gasteiger partial charge in [-0.3, -0.25) is 14.5 Å². The van der Waals surface area contributed by atoms with Gasteiger partial charge in [-0.1, -0.05) is 30.3 Å². The number of aryl methyl sites for hydroxylation is 2. The van der Waals surface area contributed by atoms with Crippen molar-refractivity contribution in [3.05, 3.63) is 62.5 Å². The van der Waals surface area contributed by atoms with E-state index in [-0.39, 0.29) is 18.1 Å². The zero-order valence-electron chi connectivity index (χ0n) is 18.1. The number of fused-ring (bicyclic) bond motifs is 3. The molecule has 3 heterocycles. The Morgan fingerprint density at radius 1 is 1.09 bits per heavy atom. The number of benzene rings is 1. The smallest absolute Gasteiger partial charge is 0.259 e. The highest BCUT2D eigenvalue weighted by Crippen LogP contribution is 2.33. The molecule has 2 aliphatic rings. The Bertz CT molecular complexity index is 1150. The Hall–Kier alpha value is -2.55. The molecule has 1 amide bonds. The van der Waals surface area contributed by atoms with Crippen LogP contribution in [0.4, 0.5) is 0 Å². The van der Waals surface area contributed by atoms with Crippen LogP contribution < -0.4 is 5.56 Å². The summed E-state index contributed by atoms with van der Waals surface area (Å²) in [5, 5.41) is 0.805. The van der Waals surface area contributed by atoms with E-state index in [1.165, 1.54) is 16.9 Å². The minimum atomic E-state index is -0.00576. The number of aromatic amines is 1. The Balaban J connectivity index is 1.14. The van der Waals surface area contributed by atoms with Crippen LogP contribution in [0.3, 0.4) is 0 Å². The standard InChI is InChI=1S/C24H28N4O3S/c29-21(16-31-15-17-6-2-1-3-7-17)28-12-10-27(11-13-28)14-20-25-23(30)22-18-8-4-5-9-19(18)32-24(22)26-20/h1-3,6-7H,4-5,8-16H2,(H,25,26,30). The van der Waals surface area contributed by atoms with Gasteiger partial charge in [0.25, 0.3) is 5.56 Å². The van der Waals surface area contributed by atoms with Crippen LogP contribution in [0.1, 0.15) is 34.7 Å². The summed E-state index contributed by atoms with van der Waals surface area (Å²) in [7, 11) is 0. The molecule has 0 unspecified atom stereocenters. The average Bonchev–Trinajstić information content (AvgIpc) is 3.19. The summed E-state index contributed by atoms with van der Waals surface area (Å²) in [5.41, 5.74) is 2.28. The Morgan fingerprint density at radius 2 is 1.88 bits per heavy atom. The Labute approximate surface area is 191 Å². The van der Waals surface area contributed by atoms with E-state index in [2.05, 4.69) is 9.88 Å². The van der Waals surface area contributed by atoms with Crippen LogP contribution in [0.2, 0.25) is 0 Å². The van der Waals surface area contributed by atoms with Crippen molar-refractivity contribution in [1.29, 1.82) is 0 Å². The summed E-state index contributed by atoms with van der Waals surface area (Å²) in [4.78, 5) is 39.3. The number of carbonyl (C=O) groups is 1. The summed E-state index contributed by atoms with van der Waals surface area (Å²) in [6.45, 7) is 3.98. The van der Waals surface area contributed by atoms with E-state index in [0.29, 0.717) is 32.1 Å². The highest BCUT2D eigenvalue weighted by atomic mass is 32.1. The van der Waals surface area contributed by atoms with Gasteiger partial charge in [-0.15, -0.1) is 11.3 Å². The zero-order valence-corrected chi connectivity index (χ0v) is 19.0. The van der Waals surface area contributed by atoms with Crippen LogP contribution in [0.15, 0.2) is 35.1 Å². The Kier molecular flexibility index (Phi) is 6.34. The number of rotatable bonds is 6. The molecule has 3 aromatic rings. The fraction of sp³-hybridized carbons (Fsp3) is 0.458. The highest BCUT2D eigenvalue weighted by Gasteiger charge is 2.23. The number of H-pyrrole nitrogens is 1. The number of aromatic nitrogens is 2. The fourth-order valence-electron chi connectivity index (χ4n) is 4.57. The number of ether oxygens (including phenoxy) is 1. The third-order valence-electron chi connectivity index (χ3n) is 6.31. The number of thiophene rings is 1. The van der Waals surface area contributed by atoms with E-state index in [9.17, 15) is 9.59 Å². The molecule has 2 aromatic heterocycles. The molecule has 1 aliphatic heterocycles. The molecule has 0 bridgehead atoms. The van der Waals surface area contributed by atoms with Crippen molar-refractivity contribution in [1.82, 2.24) is 19.8 Å². The van der Waals surface area contributed by atoms with E-state index in [1.807, 2.05) is 35.2 Å². The van der Waals surface area contributed by atoms with Crippen LogP contribution in [-0.4, -0.2) is 58.5 Å². The summed E-state index contributed by atoms with van der Waals surface area (Å²) in [6, 6.07) is 9.87. The van der Waals surface area contributed by atoms with E-state index < -0.39 is 0 Å². The lowest BCUT2D eigenvalue weighted by atomic mass is 9.97. The molecule has 0 radical (unpaired) electrons. The molecular formula is C24H28N4O3S. The van der Waals surface area contributed by atoms with Crippen molar-refractivity contribution in [3.8, 4) is 0 Å². The molecule has 1 N–H and O–H groups in total. The minimum absolute atomic E-state index is 0.00576. The van der Waals surface area contributed by atoms with Gasteiger partial charge in [-0.05, 0) is 36.8 Å². The van der Waals surface area contributed by atoms with Crippen LogP contribution in [0.5, 0.6) is 0 Å². The first kappa shape index (κ1) is 21.3. The molecule has 32 heavy (non-hydrogen) atoms. The minimum Gasteiger partial charge on any atom is -0.367 e. The third-order valence-corrected chi connectivity index (χ3v) is 7.50. The van der Waals surface area contributed by atoms with Crippen molar-refractivity contribution < 1.29 is 9.53 Å². The second kappa shape index (κ2) is 9.52. The fourth-order valence-corrected chi connectivity index (χ4v) is 5.85.